The lowest BCUT2D eigenvalue weighted by Gasteiger charge is -2.30. The van der Waals surface area contributed by atoms with Crippen molar-refractivity contribution in [3.8, 4) is 0 Å². The summed E-state index contributed by atoms with van der Waals surface area (Å²) in [5.74, 6) is 0. The van der Waals surface area contributed by atoms with Gasteiger partial charge in [0, 0.05) is 32.7 Å². The molecule has 1 aliphatic heterocycles. The fourth-order valence-electron chi connectivity index (χ4n) is 1.93. The second kappa shape index (κ2) is 4.56. The summed E-state index contributed by atoms with van der Waals surface area (Å²) >= 11 is 5.88. The molecule has 0 radical (unpaired) electrons. The maximum Gasteiger partial charge on any atom is 0.261 e. The van der Waals surface area contributed by atoms with Gasteiger partial charge in [-0.1, -0.05) is 11.6 Å². The summed E-state index contributed by atoms with van der Waals surface area (Å²) in [7, 11) is -1.98. The number of halogens is 1. The van der Waals surface area contributed by atoms with Crippen molar-refractivity contribution in [2.24, 2.45) is 7.05 Å². The van der Waals surface area contributed by atoms with Gasteiger partial charge in [0.05, 0.1) is 11.2 Å². The molecule has 1 atom stereocenters. The van der Waals surface area contributed by atoms with Gasteiger partial charge in [-0.25, -0.2) is 8.42 Å². The largest absolute Gasteiger partial charge is 0.312 e. The summed E-state index contributed by atoms with van der Waals surface area (Å²) in [5.41, 5.74) is 0. The van der Waals surface area contributed by atoms with Crippen LogP contribution in [0.2, 0.25) is 5.02 Å². The summed E-state index contributed by atoms with van der Waals surface area (Å²) in [6.07, 6.45) is 1.35. The predicted octanol–water partition coefficient (Wildman–Crippen LogP) is 0.0559. The van der Waals surface area contributed by atoms with Crippen LogP contribution in [-0.4, -0.2) is 48.2 Å². The highest BCUT2D eigenvalue weighted by molar-refractivity contribution is 7.89. The van der Waals surface area contributed by atoms with Crippen molar-refractivity contribution in [2.75, 3.05) is 19.6 Å². The van der Waals surface area contributed by atoms with E-state index >= 15 is 0 Å². The lowest BCUT2D eigenvalue weighted by molar-refractivity contribution is 0.308. The van der Waals surface area contributed by atoms with Gasteiger partial charge in [-0.15, -0.1) is 0 Å². The van der Waals surface area contributed by atoms with E-state index in [2.05, 4.69) is 10.4 Å². The highest BCUT2D eigenvalue weighted by atomic mass is 35.5. The molecule has 0 bridgehead atoms. The molecule has 8 heteroatoms. The van der Waals surface area contributed by atoms with Crippen molar-refractivity contribution in [2.45, 2.75) is 18.0 Å². The summed E-state index contributed by atoms with van der Waals surface area (Å²) in [6, 6.07) is 0.144. The van der Waals surface area contributed by atoms with Crippen LogP contribution in [0.4, 0.5) is 0 Å². The van der Waals surface area contributed by atoms with E-state index in [4.69, 9.17) is 11.6 Å². The van der Waals surface area contributed by atoms with Gasteiger partial charge in [-0.05, 0) is 6.92 Å². The van der Waals surface area contributed by atoms with Crippen molar-refractivity contribution in [1.29, 1.82) is 0 Å². The average Bonchev–Trinajstić information content (AvgIpc) is 2.59. The Morgan fingerprint density at radius 3 is 2.82 bits per heavy atom. The Hall–Kier alpha value is -0.630. The zero-order valence-corrected chi connectivity index (χ0v) is 11.3. The van der Waals surface area contributed by atoms with E-state index in [0.29, 0.717) is 19.6 Å². The lowest BCUT2D eigenvalue weighted by Crippen LogP contribution is -2.51. The minimum atomic E-state index is -3.55. The Kier molecular flexibility index (Phi) is 3.44. The van der Waals surface area contributed by atoms with Crippen molar-refractivity contribution in [3.05, 3.63) is 11.2 Å². The molecule has 17 heavy (non-hydrogen) atoms. The number of nitrogens with one attached hydrogen (secondary N) is 1. The molecule has 1 aromatic rings. The summed E-state index contributed by atoms with van der Waals surface area (Å²) < 4.78 is 27.5. The minimum absolute atomic E-state index is 0.0632. The third-order valence-electron chi connectivity index (χ3n) is 2.76. The van der Waals surface area contributed by atoms with Gasteiger partial charge in [-0.3, -0.25) is 4.68 Å². The predicted molar refractivity (Wildman–Crippen MR) is 64.4 cm³/mol. The molecular weight excluding hydrogens is 264 g/mol. The molecule has 0 spiro atoms. The highest BCUT2D eigenvalue weighted by Crippen LogP contribution is 2.24. The molecule has 0 aromatic carbocycles. The van der Waals surface area contributed by atoms with Crippen LogP contribution in [0.1, 0.15) is 6.92 Å². The molecule has 1 fully saturated rings. The molecule has 2 heterocycles. The zero-order valence-electron chi connectivity index (χ0n) is 9.72. The van der Waals surface area contributed by atoms with Crippen LogP contribution in [0.25, 0.3) is 0 Å². The van der Waals surface area contributed by atoms with E-state index in [-0.39, 0.29) is 16.1 Å². The highest BCUT2D eigenvalue weighted by Gasteiger charge is 2.32. The lowest BCUT2D eigenvalue weighted by atomic mass is 10.3. The molecule has 1 unspecified atom stereocenters. The topological polar surface area (TPSA) is 67.2 Å². The Morgan fingerprint density at radius 1 is 1.59 bits per heavy atom. The molecule has 1 N–H and O–H groups in total. The van der Waals surface area contributed by atoms with Gasteiger partial charge in [0.25, 0.3) is 10.0 Å². The number of piperazine rings is 1. The van der Waals surface area contributed by atoms with Crippen molar-refractivity contribution in [1.82, 2.24) is 19.4 Å². The number of nitrogens with zero attached hydrogens (tertiary/aromatic N) is 3. The van der Waals surface area contributed by atoms with Crippen molar-refractivity contribution >= 4 is 21.6 Å². The standard InChI is InChI=1S/C9H15ClN4O2S/c1-7-6-14(4-3-11-7)17(15,16)9-8(10)5-12-13(9)2/h5,7,11H,3-4,6H2,1-2H3. The van der Waals surface area contributed by atoms with Crippen LogP contribution in [0.3, 0.4) is 0 Å². The van der Waals surface area contributed by atoms with Gasteiger partial charge < -0.3 is 5.32 Å². The molecule has 96 valence electrons. The molecule has 2 rings (SSSR count). The number of hydrogen-bond acceptors (Lipinski definition) is 4. The van der Waals surface area contributed by atoms with E-state index < -0.39 is 10.0 Å². The fraction of sp³-hybridized carbons (Fsp3) is 0.667. The van der Waals surface area contributed by atoms with E-state index in [1.165, 1.54) is 15.2 Å². The minimum Gasteiger partial charge on any atom is -0.312 e. The molecule has 1 aliphatic rings. The Labute approximate surface area is 106 Å². The fourth-order valence-corrected chi connectivity index (χ4v) is 4.06. The van der Waals surface area contributed by atoms with Crippen LogP contribution in [-0.2, 0) is 17.1 Å². The first-order valence-electron chi connectivity index (χ1n) is 5.34. The molecule has 6 nitrogen and oxygen atoms in total. The summed E-state index contributed by atoms with van der Waals surface area (Å²) in [6.45, 7) is 3.50. The summed E-state index contributed by atoms with van der Waals surface area (Å²) in [5, 5.41) is 7.29. The number of aryl methyl sites for hydroxylation is 1. The number of rotatable bonds is 2. The Morgan fingerprint density at radius 2 is 2.29 bits per heavy atom. The molecule has 0 amide bonds. The number of hydrogen-bond donors (Lipinski definition) is 1. The maximum atomic E-state index is 12.4. The Balaban J connectivity index is 2.36. The van der Waals surface area contributed by atoms with Gasteiger partial charge in [0.15, 0.2) is 5.03 Å². The smallest absolute Gasteiger partial charge is 0.261 e. The molecular formula is C9H15ClN4O2S. The second-order valence-corrected chi connectivity index (χ2v) is 6.40. The third-order valence-corrected chi connectivity index (χ3v) is 5.13. The van der Waals surface area contributed by atoms with Crippen LogP contribution in [0.5, 0.6) is 0 Å². The molecule has 0 aliphatic carbocycles. The summed E-state index contributed by atoms with van der Waals surface area (Å²) in [4.78, 5) is 0. The SMILES string of the molecule is CC1CN(S(=O)(=O)c2c(Cl)cnn2C)CCN1. The number of aromatic nitrogens is 2. The Bertz CT molecular complexity index is 494. The normalized spacial score (nSPS) is 22.9. The second-order valence-electron chi connectivity index (χ2n) is 4.14. The van der Waals surface area contributed by atoms with Gasteiger partial charge >= 0.3 is 0 Å². The van der Waals surface area contributed by atoms with Crippen LogP contribution >= 0.6 is 11.6 Å². The molecule has 0 saturated carbocycles. The molecule has 1 saturated heterocycles. The van der Waals surface area contributed by atoms with Crippen LogP contribution < -0.4 is 5.32 Å². The molecule has 1 aromatic heterocycles. The zero-order chi connectivity index (χ0) is 12.6. The monoisotopic (exact) mass is 278 g/mol. The van der Waals surface area contributed by atoms with Crippen molar-refractivity contribution < 1.29 is 8.42 Å². The average molecular weight is 279 g/mol. The quantitative estimate of drug-likeness (QED) is 0.830. The first-order valence-corrected chi connectivity index (χ1v) is 7.16. The van der Waals surface area contributed by atoms with Gasteiger partial charge in [-0.2, -0.15) is 9.40 Å². The number of sulfonamides is 1. The van der Waals surface area contributed by atoms with Gasteiger partial charge in [0.1, 0.15) is 0 Å². The first-order chi connectivity index (χ1) is 7.93. The van der Waals surface area contributed by atoms with Crippen LogP contribution in [0.15, 0.2) is 11.2 Å². The van der Waals surface area contributed by atoms with E-state index in [1.807, 2.05) is 6.92 Å². The van der Waals surface area contributed by atoms with Gasteiger partial charge in [0.2, 0.25) is 0 Å². The van der Waals surface area contributed by atoms with Crippen LogP contribution in [0, 0.1) is 0 Å². The van der Waals surface area contributed by atoms with E-state index in [1.54, 1.807) is 7.05 Å². The first kappa shape index (κ1) is 12.8. The maximum absolute atomic E-state index is 12.4. The van der Waals surface area contributed by atoms with Crippen molar-refractivity contribution in [3.63, 3.8) is 0 Å². The van der Waals surface area contributed by atoms with E-state index in [0.717, 1.165) is 0 Å². The van der Waals surface area contributed by atoms with E-state index in [9.17, 15) is 8.42 Å². The third kappa shape index (κ3) is 2.33.